The Morgan fingerprint density at radius 3 is 2.73 bits per heavy atom. The first kappa shape index (κ1) is 22.4. The monoisotopic (exact) mass is 470 g/mol. The number of aliphatic hydroxyl groups is 1. The van der Waals surface area contributed by atoms with Crippen LogP contribution in [0.15, 0.2) is 48.1 Å². The Morgan fingerprint density at radius 1 is 1.24 bits per heavy atom. The fraction of sp³-hybridized carbons (Fsp3) is 0.182. The number of pyridine rings is 1. The third-order valence-electron chi connectivity index (χ3n) is 4.79. The van der Waals surface area contributed by atoms with Crippen molar-refractivity contribution in [1.82, 2.24) is 19.7 Å². The minimum absolute atomic E-state index is 0.104. The lowest BCUT2D eigenvalue weighted by atomic mass is 10.1. The summed E-state index contributed by atoms with van der Waals surface area (Å²) in [5.41, 5.74) is 0.935. The number of thiazole rings is 1. The summed E-state index contributed by atoms with van der Waals surface area (Å²) in [5.74, 6) is 0.167. The molecule has 0 aliphatic rings. The van der Waals surface area contributed by atoms with Gasteiger partial charge in [-0.2, -0.15) is 23.5 Å². The van der Waals surface area contributed by atoms with Crippen LogP contribution < -0.4 is 5.32 Å². The standard InChI is InChI=1S/C22H17F3N6OS/c1-13-10-19(31-7-4-18(30-31)21-27-6-9-33-21)15(5-8-32)20(28-13)29-17-3-2-14(12-26)11-16(17)22(23,24)25/h2-4,6-7,9-11,32H,5,8H2,1H3,(H,28,29). The van der Waals surface area contributed by atoms with Gasteiger partial charge in [-0.25, -0.2) is 14.6 Å². The summed E-state index contributed by atoms with van der Waals surface area (Å²) in [7, 11) is 0. The number of nitrogens with one attached hydrogen (secondary N) is 1. The number of hydrogen-bond donors (Lipinski definition) is 2. The normalized spacial score (nSPS) is 11.4. The van der Waals surface area contributed by atoms with Gasteiger partial charge in [-0.15, -0.1) is 11.3 Å². The van der Waals surface area contributed by atoms with Gasteiger partial charge in [0.15, 0.2) is 0 Å². The molecule has 3 aromatic heterocycles. The zero-order chi connectivity index (χ0) is 23.6. The van der Waals surface area contributed by atoms with E-state index in [4.69, 9.17) is 5.26 Å². The molecule has 7 nitrogen and oxygen atoms in total. The first-order chi connectivity index (χ1) is 15.8. The second-order valence-corrected chi connectivity index (χ2v) is 7.96. The molecule has 168 valence electrons. The largest absolute Gasteiger partial charge is 0.418 e. The topological polar surface area (TPSA) is 99.6 Å². The van der Waals surface area contributed by atoms with Crippen molar-refractivity contribution in [2.45, 2.75) is 19.5 Å². The van der Waals surface area contributed by atoms with Gasteiger partial charge in [0.05, 0.1) is 28.6 Å². The highest BCUT2D eigenvalue weighted by molar-refractivity contribution is 7.13. The van der Waals surface area contributed by atoms with Crippen molar-refractivity contribution in [3.05, 3.63) is 70.5 Å². The zero-order valence-electron chi connectivity index (χ0n) is 17.3. The van der Waals surface area contributed by atoms with Crippen LogP contribution in [0.5, 0.6) is 0 Å². The zero-order valence-corrected chi connectivity index (χ0v) is 18.1. The number of benzene rings is 1. The summed E-state index contributed by atoms with van der Waals surface area (Å²) < 4.78 is 42.5. The average molecular weight is 470 g/mol. The van der Waals surface area contributed by atoms with Gasteiger partial charge in [0.25, 0.3) is 0 Å². The van der Waals surface area contributed by atoms with E-state index in [0.29, 0.717) is 22.6 Å². The molecule has 0 aliphatic carbocycles. The second-order valence-electron chi connectivity index (χ2n) is 7.06. The van der Waals surface area contributed by atoms with E-state index in [1.165, 1.54) is 23.5 Å². The van der Waals surface area contributed by atoms with Crippen molar-refractivity contribution in [2.24, 2.45) is 0 Å². The molecule has 0 spiro atoms. The molecule has 0 atom stereocenters. The van der Waals surface area contributed by atoms with E-state index in [-0.39, 0.29) is 30.1 Å². The number of aliphatic hydroxyl groups excluding tert-OH is 1. The second kappa shape index (κ2) is 9.01. The van der Waals surface area contributed by atoms with Crippen LogP contribution in [0.3, 0.4) is 0 Å². The Labute approximate surface area is 190 Å². The van der Waals surface area contributed by atoms with Gasteiger partial charge >= 0.3 is 6.18 Å². The lowest BCUT2D eigenvalue weighted by Gasteiger charge is -2.19. The molecule has 0 radical (unpaired) electrons. The molecular formula is C22H17F3N6OS. The van der Waals surface area contributed by atoms with E-state index in [2.05, 4.69) is 20.4 Å². The van der Waals surface area contributed by atoms with E-state index in [1.807, 2.05) is 5.38 Å². The highest BCUT2D eigenvalue weighted by Gasteiger charge is 2.34. The Balaban J connectivity index is 1.81. The molecule has 4 rings (SSSR count). The Bertz CT molecular complexity index is 1330. The molecular weight excluding hydrogens is 453 g/mol. The number of rotatable bonds is 6. The maximum Gasteiger partial charge on any atom is 0.418 e. The number of nitrogens with zero attached hydrogens (tertiary/aromatic N) is 5. The molecule has 11 heteroatoms. The van der Waals surface area contributed by atoms with Crippen LogP contribution in [0.1, 0.15) is 22.4 Å². The Kier molecular flexibility index (Phi) is 6.13. The number of nitriles is 1. The molecule has 0 fully saturated rings. The fourth-order valence-corrected chi connectivity index (χ4v) is 3.96. The molecule has 3 heterocycles. The van der Waals surface area contributed by atoms with Gasteiger partial charge in [0, 0.05) is 42.1 Å². The molecule has 0 aliphatic heterocycles. The van der Waals surface area contributed by atoms with Crippen LogP contribution in [0.25, 0.3) is 16.4 Å². The third kappa shape index (κ3) is 4.72. The first-order valence-electron chi connectivity index (χ1n) is 9.76. The van der Waals surface area contributed by atoms with Crippen LogP contribution in [0.4, 0.5) is 24.7 Å². The van der Waals surface area contributed by atoms with Crippen LogP contribution in [0, 0.1) is 18.3 Å². The number of halogens is 3. The van der Waals surface area contributed by atoms with E-state index < -0.39 is 11.7 Å². The molecule has 0 saturated carbocycles. The molecule has 1 aromatic carbocycles. The molecule has 4 aromatic rings. The number of hydrogen-bond acceptors (Lipinski definition) is 7. The van der Waals surface area contributed by atoms with Gasteiger partial charge in [0.2, 0.25) is 0 Å². The highest BCUT2D eigenvalue weighted by atomic mass is 32.1. The third-order valence-corrected chi connectivity index (χ3v) is 5.58. The molecule has 0 bridgehead atoms. The van der Waals surface area contributed by atoms with Crippen molar-refractivity contribution in [2.75, 3.05) is 11.9 Å². The average Bonchev–Trinajstić information content (AvgIpc) is 3.47. The Hall–Kier alpha value is -3.75. The predicted molar refractivity (Wildman–Crippen MR) is 117 cm³/mol. The smallest absolute Gasteiger partial charge is 0.396 e. The summed E-state index contributed by atoms with van der Waals surface area (Å²) in [4.78, 5) is 8.63. The van der Waals surface area contributed by atoms with E-state index in [0.717, 1.165) is 11.1 Å². The van der Waals surface area contributed by atoms with Crippen molar-refractivity contribution < 1.29 is 18.3 Å². The SMILES string of the molecule is Cc1cc(-n2ccc(-c3nccs3)n2)c(CCO)c(Nc2ccc(C#N)cc2C(F)(F)F)n1. The summed E-state index contributed by atoms with van der Waals surface area (Å²) in [5, 5.41) is 28.5. The minimum atomic E-state index is -4.68. The lowest BCUT2D eigenvalue weighted by Crippen LogP contribution is -2.13. The maximum absolute atomic E-state index is 13.6. The number of anilines is 2. The highest BCUT2D eigenvalue weighted by Crippen LogP contribution is 2.37. The van der Waals surface area contributed by atoms with Gasteiger partial charge in [0.1, 0.15) is 16.5 Å². The molecule has 0 unspecified atom stereocenters. The minimum Gasteiger partial charge on any atom is -0.396 e. The van der Waals surface area contributed by atoms with Crippen molar-refractivity contribution in [3.63, 3.8) is 0 Å². The molecule has 0 saturated heterocycles. The number of aromatic nitrogens is 4. The van der Waals surface area contributed by atoms with Gasteiger partial charge in [-0.3, -0.25) is 0 Å². The van der Waals surface area contributed by atoms with Crippen LogP contribution in [0.2, 0.25) is 0 Å². The number of alkyl halides is 3. The summed E-state index contributed by atoms with van der Waals surface area (Å²) >= 11 is 1.43. The maximum atomic E-state index is 13.6. The fourth-order valence-electron chi connectivity index (χ4n) is 3.36. The molecule has 2 N–H and O–H groups in total. The predicted octanol–water partition coefficient (Wildman–Crippen LogP) is 4.87. The summed E-state index contributed by atoms with van der Waals surface area (Å²) in [6, 6.07) is 8.54. The van der Waals surface area contributed by atoms with Crippen LogP contribution in [-0.4, -0.2) is 31.5 Å². The molecule has 33 heavy (non-hydrogen) atoms. The summed E-state index contributed by atoms with van der Waals surface area (Å²) in [6.07, 6.45) is -1.15. The molecule has 0 amide bonds. The summed E-state index contributed by atoms with van der Waals surface area (Å²) in [6.45, 7) is 1.47. The van der Waals surface area contributed by atoms with Gasteiger partial charge < -0.3 is 10.4 Å². The first-order valence-corrected chi connectivity index (χ1v) is 10.6. The van der Waals surface area contributed by atoms with Gasteiger partial charge in [-0.1, -0.05) is 0 Å². The van der Waals surface area contributed by atoms with E-state index >= 15 is 0 Å². The van der Waals surface area contributed by atoms with Crippen molar-refractivity contribution >= 4 is 22.8 Å². The van der Waals surface area contributed by atoms with Gasteiger partial charge in [-0.05, 0) is 37.3 Å². The van der Waals surface area contributed by atoms with Crippen molar-refractivity contribution in [3.8, 4) is 22.5 Å². The quantitative estimate of drug-likeness (QED) is 0.417. The number of aryl methyl sites for hydroxylation is 1. The van der Waals surface area contributed by atoms with E-state index in [9.17, 15) is 18.3 Å². The van der Waals surface area contributed by atoms with Crippen LogP contribution >= 0.6 is 11.3 Å². The van der Waals surface area contributed by atoms with Crippen LogP contribution in [-0.2, 0) is 12.6 Å². The lowest BCUT2D eigenvalue weighted by molar-refractivity contribution is -0.136. The van der Waals surface area contributed by atoms with E-state index in [1.54, 1.807) is 42.2 Å². The van der Waals surface area contributed by atoms with Crippen molar-refractivity contribution in [1.29, 1.82) is 5.26 Å². The Morgan fingerprint density at radius 2 is 2.06 bits per heavy atom.